The van der Waals surface area contributed by atoms with E-state index >= 15 is 0 Å². The van der Waals surface area contributed by atoms with E-state index in [0.717, 1.165) is 2.78 Å². The molecule has 62 valence electrons. The molecule has 1 aromatic rings. The second kappa shape index (κ2) is 2.65. The Morgan fingerprint density at radius 1 is 1.55 bits per heavy atom. The Kier molecular flexibility index (Phi) is 2.13. The van der Waals surface area contributed by atoms with Gasteiger partial charge in [0.25, 0.3) is 0 Å². The second-order valence-electron chi connectivity index (χ2n) is 2.01. The average molecular weight is 276 g/mol. The van der Waals surface area contributed by atoms with Gasteiger partial charge in [0.05, 0.1) is 28.6 Å². The molecule has 0 unspecified atom stereocenters. The molecule has 0 aromatic carbocycles. The summed E-state index contributed by atoms with van der Waals surface area (Å²) in [4.78, 5) is 3.31. The summed E-state index contributed by atoms with van der Waals surface area (Å²) in [6.45, 7) is 1.52. The van der Waals surface area contributed by atoms with Crippen molar-refractivity contribution in [2.24, 2.45) is 0 Å². The van der Waals surface area contributed by atoms with Gasteiger partial charge in [-0.3, -0.25) is 2.78 Å². The third-order valence-electron chi connectivity index (χ3n) is 1.04. The molecular weight excluding hydrogens is 272 g/mol. The van der Waals surface area contributed by atoms with Crippen molar-refractivity contribution in [2.45, 2.75) is 13.1 Å². The lowest BCUT2D eigenvalue weighted by Crippen LogP contribution is -2.09. The molecule has 2 nitrogen and oxygen atoms in total. The fourth-order valence-corrected chi connectivity index (χ4v) is 1.44. The number of alkyl halides is 3. The van der Waals surface area contributed by atoms with Gasteiger partial charge in [-0.05, 0) is 6.92 Å². The zero-order chi connectivity index (χ0) is 8.65. The molecule has 0 spiro atoms. The van der Waals surface area contributed by atoms with Gasteiger partial charge in [-0.25, -0.2) is 4.98 Å². The molecule has 11 heavy (non-hydrogen) atoms. The van der Waals surface area contributed by atoms with Gasteiger partial charge in [0.2, 0.25) is 5.82 Å². The minimum Gasteiger partial charge on any atom is -0.268 e. The molecule has 1 aromatic heterocycles. The van der Waals surface area contributed by atoms with Crippen LogP contribution in [0.5, 0.6) is 0 Å². The molecule has 0 amide bonds. The molecule has 0 bridgehead atoms. The maximum atomic E-state index is 12.0. The van der Waals surface area contributed by atoms with E-state index in [1.54, 1.807) is 22.9 Å². The highest BCUT2D eigenvalue weighted by atomic mass is 127. The quantitative estimate of drug-likeness (QED) is 0.665. The lowest BCUT2D eigenvalue weighted by Gasteiger charge is -2.02. The molecule has 0 saturated heterocycles. The van der Waals surface area contributed by atoms with Crippen molar-refractivity contribution in [3.05, 3.63) is 17.7 Å². The molecular formula is C5H4F3IN2. The third kappa shape index (κ3) is 1.85. The Hall–Kier alpha value is -0.270. The van der Waals surface area contributed by atoms with Gasteiger partial charge in [0.15, 0.2) is 0 Å². The first-order valence-electron chi connectivity index (χ1n) is 2.70. The molecule has 0 aliphatic heterocycles. The fourth-order valence-electron chi connectivity index (χ4n) is 0.653. The van der Waals surface area contributed by atoms with Crippen LogP contribution in [0.2, 0.25) is 0 Å². The van der Waals surface area contributed by atoms with Crippen LogP contribution in [0.3, 0.4) is 0 Å². The van der Waals surface area contributed by atoms with E-state index in [1.165, 1.54) is 13.1 Å². The molecule has 0 fully saturated rings. The summed E-state index contributed by atoms with van der Waals surface area (Å²) < 4.78 is 36.9. The largest absolute Gasteiger partial charge is 0.450 e. The number of hydrogen-bond acceptors (Lipinski definition) is 1. The van der Waals surface area contributed by atoms with Gasteiger partial charge in [0, 0.05) is 6.20 Å². The van der Waals surface area contributed by atoms with Crippen LogP contribution in [0, 0.1) is 6.92 Å². The number of hydrogen-bond donors (Lipinski definition) is 0. The first-order chi connectivity index (χ1) is 4.91. The summed E-state index contributed by atoms with van der Waals surface area (Å²) in [7, 11) is 0. The summed E-state index contributed by atoms with van der Waals surface area (Å²) in [5.41, 5.74) is 0.367. The predicted molar refractivity (Wildman–Crippen MR) is 41.4 cm³/mol. The number of nitrogens with zero attached hydrogens (tertiary/aromatic N) is 2. The van der Waals surface area contributed by atoms with Gasteiger partial charge in [-0.1, -0.05) is 0 Å². The first-order valence-corrected chi connectivity index (χ1v) is 3.67. The van der Waals surface area contributed by atoms with Crippen LogP contribution in [0.4, 0.5) is 13.2 Å². The normalized spacial score (nSPS) is 12.1. The predicted octanol–water partition coefficient (Wildman–Crippen LogP) is 2.41. The summed E-state index contributed by atoms with van der Waals surface area (Å²) in [5, 5.41) is 0. The average Bonchev–Trinajstić information content (AvgIpc) is 2.08. The fraction of sp³-hybridized carbons (Fsp3) is 0.400. The minimum atomic E-state index is -4.35. The Bertz CT molecular complexity index is 265. The van der Waals surface area contributed by atoms with Crippen molar-refractivity contribution in [1.82, 2.24) is 7.76 Å². The molecule has 6 heteroatoms. The second-order valence-corrected chi connectivity index (χ2v) is 3.05. The van der Waals surface area contributed by atoms with Crippen LogP contribution < -0.4 is 0 Å². The Morgan fingerprint density at radius 2 is 2.09 bits per heavy atom. The van der Waals surface area contributed by atoms with E-state index in [-0.39, 0.29) is 0 Å². The van der Waals surface area contributed by atoms with Gasteiger partial charge in [-0.15, -0.1) is 0 Å². The molecule has 1 rings (SSSR count). The van der Waals surface area contributed by atoms with Crippen LogP contribution >= 0.6 is 22.9 Å². The maximum absolute atomic E-state index is 12.0. The van der Waals surface area contributed by atoms with Crippen LogP contribution in [-0.4, -0.2) is 7.76 Å². The van der Waals surface area contributed by atoms with E-state index < -0.39 is 12.0 Å². The monoisotopic (exact) mass is 276 g/mol. The van der Waals surface area contributed by atoms with E-state index in [2.05, 4.69) is 4.98 Å². The SMILES string of the molecule is Cc1cn(I)c(C(F)(F)F)n1. The van der Waals surface area contributed by atoms with Crippen molar-refractivity contribution in [1.29, 1.82) is 0 Å². The molecule has 1 heterocycles. The van der Waals surface area contributed by atoms with Gasteiger partial charge in [-0.2, -0.15) is 13.2 Å². The zero-order valence-electron chi connectivity index (χ0n) is 5.48. The van der Waals surface area contributed by atoms with Crippen molar-refractivity contribution < 1.29 is 13.2 Å². The molecule has 0 radical (unpaired) electrons. The lowest BCUT2D eigenvalue weighted by atomic mass is 10.6. The standard InChI is InChI=1S/C5H4F3IN2/c1-3-2-11(9)4(10-3)5(6,7)8/h2H,1H3. The van der Waals surface area contributed by atoms with Crippen LogP contribution in [0.25, 0.3) is 0 Å². The van der Waals surface area contributed by atoms with Crippen molar-refractivity contribution in [2.75, 3.05) is 0 Å². The highest BCUT2D eigenvalue weighted by Gasteiger charge is 2.36. The molecule has 0 atom stereocenters. The van der Waals surface area contributed by atoms with Crippen LogP contribution in [0.15, 0.2) is 6.20 Å². The Balaban J connectivity index is 3.13. The summed E-state index contributed by atoms with van der Waals surface area (Å²) >= 11 is 1.54. The van der Waals surface area contributed by atoms with Crippen molar-refractivity contribution in [3.8, 4) is 0 Å². The van der Waals surface area contributed by atoms with Gasteiger partial charge < -0.3 is 0 Å². The Labute approximate surface area is 74.9 Å². The lowest BCUT2D eigenvalue weighted by molar-refractivity contribution is -0.144. The summed E-state index contributed by atoms with van der Waals surface area (Å²) in [5.74, 6) is -0.865. The first kappa shape index (κ1) is 8.82. The smallest absolute Gasteiger partial charge is 0.268 e. The highest BCUT2D eigenvalue weighted by Crippen LogP contribution is 2.29. The van der Waals surface area contributed by atoms with E-state index in [9.17, 15) is 13.2 Å². The molecule has 0 N–H and O–H groups in total. The van der Waals surface area contributed by atoms with Gasteiger partial charge >= 0.3 is 6.18 Å². The number of imidazole rings is 1. The number of aromatic nitrogens is 2. The van der Waals surface area contributed by atoms with E-state index in [1.807, 2.05) is 0 Å². The highest BCUT2D eigenvalue weighted by molar-refractivity contribution is 14.1. The number of halogens is 4. The van der Waals surface area contributed by atoms with Crippen molar-refractivity contribution in [3.63, 3.8) is 0 Å². The Morgan fingerprint density at radius 3 is 2.27 bits per heavy atom. The zero-order valence-corrected chi connectivity index (χ0v) is 7.64. The van der Waals surface area contributed by atoms with Gasteiger partial charge in [0.1, 0.15) is 0 Å². The van der Waals surface area contributed by atoms with E-state index in [4.69, 9.17) is 0 Å². The molecule has 0 aliphatic carbocycles. The third-order valence-corrected chi connectivity index (χ3v) is 1.77. The maximum Gasteiger partial charge on any atom is 0.450 e. The minimum absolute atomic E-state index is 0.367. The number of rotatable bonds is 0. The number of aryl methyl sites for hydroxylation is 1. The molecule has 0 saturated carbocycles. The van der Waals surface area contributed by atoms with Crippen LogP contribution in [-0.2, 0) is 6.18 Å². The topological polar surface area (TPSA) is 17.8 Å². The molecule has 0 aliphatic rings. The van der Waals surface area contributed by atoms with Crippen molar-refractivity contribution >= 4 is 22.9 Å². The summed E-state index contributed by atoms with van der Waals surface area (Å²) in [6, 6.07) is 0. The summed E-state index contributed by atoms with van der Waals surface area (Å²) in [6.07, 6.45) is -3.03. The van der Waals surface area contributed by atoms with E-state index in [0.29, 0.717) is 5.69 Å². The van der Waals surface area contributed by atoms with Crippen LogP contribution in [0.1, 0.15) is 11.5 Å².